The Hall–Kier alpha value is -3.16. The quantitative estimate of drug-likeness (QED) is 0.646. The van der Waals surface area contributed by atoms with Crippen LogP contribution in [0.5, 0.6) is 5.75 Å². The number of para-hydroxylation sites is 1. The molecule has 0 atom stereocenters. The Morgan fingerprint density at radius 1 is 1.03 bits per heavy atom. The monoisotopic (exact) mass is 420 g/mol. The van der Waals surface area contributed by atoms with E-state index in [4.69, 9.17) is 4.74 Å². The van der Waals surface area contributed by atoms with E-state index in [2.05, 4.69) is 26.0 Å². The van der Waals surface area contributed by atoms with Crippen LogP contribution in [-0.2, 0) is 10.2 Å². The lowest BCUT2D eigenvalue weighted by Gasteiger charge is -2.43. The molecule has 31 heavy (non-hydrogen) atoms. The highest BCUT2D eigenvalue weighted by atomic mass is 16.5. The number of anilines is 1. The molecule has 8 nitrogen and oxygen atoms in total. The van der Waals surface area contributed by atoms with Crippen LogP contribution in [0.3, 0.4) is 0 Å². The van der Waals surface area contributed by atoms with Crippen molar-refractivity contribution in [3.8, 4) is 5.75 Å². The summed E-state index contributed by atoms with van der Waals surface area (Å²) in [5, 5.41) is 4.32. The van der Waals surface area contributed by atoms with Crippen LogP contribution in [0.1, 0.15) is 37.7 Å². The van der Waals surface area contributed by atoms with Crippen molar-refractivity contribution in [1.29, 1.82) is 0 Å². The Balaban J connectivity index is 1.38. The van der Waals surface area contributed by atoms with Crippen LogP contribution in [0.15, 0.2) is 43.0 Å². The van der Waals surface area contributed by atoms with Crippen LogP contribution in [0.2, 0.25) is 0 Å². The molecular formula is C23H28N6O2. The van der Waals surface area contributed by atoms with E-state index in [1.807, 2.05) is 33.8 Å². The molecule has 0 spiro atoms. The summed E-state index contributed by atoms with van der Waals surface area (Å²) in [6.45, 7) is 2.85. The van der Waals surface area contributed by atoms with E-state index in [1.165, 1.54) is 6.42 Å². The summed E-state index contributed by atoms with van der Waals surface area (Å²) in [6, 6.07) is 8.05. The predicted molar refractivity (Wildman–Crippen MR) is 117 cm³/mol. The van der Waals surface area contributed by atoms with Crippen molar-refractivity contribution in [3.63, 3.8) is 0 Å². The molecule has 1 amide bonds. The number of carbonyl (C=O) groups is 1. The minimum absolute atomic E-state index is 0.244. The Kier molecular flexibility index (Phi) is 5.21. The zero-order valence-electron chi connectivity index (χ0n) is 17.9. The Bertz CT molecular complexity index is 1070. The van der Waals surface area contributed by atoms with E-state index >= 15 is 0 Å². The van der Waals surface area contributed by atoms with Gasteiger partial charge in [-0.15, -0.1) is 0 Å². The van der Waals surface area contributed by atoms with Crippen LogP contribution in [-0.4, -0.2) is 63.7 Å². The number of carbonyl (C=O) groups excluding carboxylic acids is 1. The van der Waals surface area contributed by atoms with Crippen molar-refractivity contribution in [2.45, 2.75) is 37.5 Å². The van der Waals surface area contributed by atoms with Gasteiger partial charge in [-0.1, -0.05) is 37.5 Å². The van der Waals surface area contributed by atoms with Gasteiger partial charge in [0.1, 0.15) is 12.1 Å². The Labute approximate surface area is 181 Å². The molecule has 1 aromatic carbocycles. The highest BCUT2D eigenvalue weighted by Gasteiger charge is 2.45. The molecule has 3 aromatic rings. The zero-order valence-corrected chi connectivity index (χ0v) is 17.9. The normalized spacial score (nSPS) is 18.9. The van der Waals surface area contributed by atoms with Gasteiger partial charge in [-0.2, -0.15) is 9.61 Å². The molecule has 5 rings (SSSR count). The minimum atomic E-state index is -0.486. The first-order chi connectivity index (χ1) is 15.2. The summed E-state index contributed by atoms with van der Waals surface area (Å²) in [5.74, 6) is 1.98. The second-order valence-corrected chi connectivity index (χ2v) is 8.42. The second-order valence-electron chi connectivity index (χ2n) is 8.42. The lowest BCUT2D eigenvalue weighted by molar-refractivity contribution is -0.139. The molecule has 0 unspecified atom stereocenters. The van der Waals surface area contributed by atoms with Crippen molar-refractivity contribution in [3.05, 3.63) is 48.5 Å². The fourth-order valence-electron chi connectivity index (χ4n) is 5.19. The SMILES string of the molecule is COc1ccccc1C1(C(=O)N2CCN(c3cncc4ncnn34)CC2)CCCCC1. The molecule has 1 aliphatic carbocycles. The van der Waals surface area contributed by atoms with Gasteiger partial charge in [0.15, 0.2) is 11.5 Å². The van der Waals surface area contributed by atoms with Crippen LogP contribution >= 0.6 is 0 Å². The number of ether oxygens (including phenoxy) is 1. The van der Waals surface area contributed by atoms with Gasteiger partial charge in [-0.25, -0.2) is 4.98 Å². The summed E-state index contributed by atoms with van der Waals surface area (Å²) >= 11 is 0. The van der Waals surface area contributed by atoms with Crippen molar-refractivity contribution >= 4 is 17.4 Å². The number of benzene rings is 1. The van der Waals surface area contributed by atoms with Gasteiger partial charge in [0.2, 0.25) is 5.91 Å². The Morgan fingerprint density at radius 2 is 1.81 bits per heavy atom. The fourth-order valence-corrected chi connectivity index (χ4v) is 5.19. The van der Waals surface area contributed by atoms with E-state index < -0.39 is 5.41 Å². The van der Waals surface area contributed by atoms with E-state index in [-0.39, 0.29) is 5.91 Å². The maximum Gasteiger partial charge on any atom is 0.233 e. The second kappa shape index (κ2) is 8.17. The maximum atomic E-state index is 14.0. The van der Waals surface area contributed by atoms with Crippen LogP contribution in [0.25, 0.3) is 5.65 Å². The number of aromatic nitrogens is 4. The molecule has 1 saturated heterocycles. The summed E-state index contributed by atoms with van der Waals surface area (Å²) in [4.78, 5) is 26.8. The van der Waals surface area contributed by atoms with E-state index in [1.54, 1.807) is 19.6 Å². The van der Waals surface area contributed by atoms with Crippen molar-refractivity contribution in [2.24, 2.45) is 0 Å². The third kappa shape index (κ3) is 3.40. The summed E-state index contributed by atoms with van der Waals surface area (Å²) in [7, 11) is 1.69. The molecule has 2 aliphatic rings. The minimum Gasteiger partial charge on any atom is -0.496 e. The van der Waals surface area contributed by atoms with E-state index in [0.29, 0.717) is 13.1 Å². The van der Waals surface area contributed by atoms with Gasteiger partial charge in [0, 0.05) is 31.7 Å². The smallest absolute Gasteiger partial charge is 0.233 e. The van der Waals surface area contributed by atoms with Crippen LogP contribution in [0.4, 0.5) is 5.82 Å². The summed E-state index contributed by atoms with van der Waals surface area (Å²) in [5.41, 5.74) is 1.29. The van der Waals surface area contributed by atoms with Gasteiger partial charge in [0.25, 0.3) is 0 Å². The number of nitrogens with zero attached hydrogens (tertiary/aromatic N) is 6. The molecule has 3 heterocycles. The van der Waals surface area contributed by atoms with Gasteiger partial charge in [0.05, 0.1) is 24.9 Å². The number of rotatable bonds is 4. The van der Waals surface area contributed by atoms with Gasteiger partial charge in [-0.05, 0) is 18.9 Å². The number of piperazine rings is 1. The van der Waals surface area contributed by atoms with Crippen molar-refractivity contribution in [1.82, 2.24) is 24.5 Å². The molecular weight excluding hydrogens is 392 g/mol. The van der Waals surface area contributed by atoms with E-state index in [0.717, 1.165) is 61.6 Å². The van der Waals surface area contributed by atoms with Crippen LogP contribution < -0.4 is 9.64 Å². The third-order valence-electron chi connectivity index (χ3n) is 6.80. The highest BCUT2D eigenvalue weighted by Crippen LogP contribution is 2.44. The molecule has 1 saturated carbocycles. The van der Waals surface area contributed by atoms with Gasteiger partial charge in [-0.3, -0.25) is 9.78 Å². The van der Waals surface area contributed by atoms with Crippen LogP contribution in [0, 0.1) is 0 Å². The fraction of sp³-hybridized carbons (Fsp3) is 0.478. The first-order valence-electron chi connectivity index (χ1n) is 11.0. The first-order valence-corrected chi connectivity index (χ1v) is 11.0. The number of amides is 1. The third-order valence-corrected chi connectivity index (χ3v) is 6.80. The molecule has 2 aromatic heterocycles. The standard InChI is InChI=1S/C23H28N6O2/c1-31-19-8-4-3-7-18(19)23(9-5-2-6-10-23)22(30)28-13-11-27(12-14-28)21-16-24-15-20-25-17-26-29(20)21/h3-4,7-8,15-17H,2,5-6,9-14H2,1H3. The predicted octanol–water partition coefficient (Wildman–Crippen LogP) is 2.68. The van der Waals surface area contributed by atoms with Crippen molar-refractivity contribution < 1.29 is 9.53 Å². The van der Waals surface area contributed by atoms with Crippen molar-refractivity contribution in [2.75, 3.05) is 38.2 Å². The summed E-state index contributed by atoms with van der Waals surface area (Å²) in [6.07, 6.45) is 10.2. The highest BCUT2D eigenvalue weighted by molar-refractivity contribution is 5.89. The maximum absolute atomic E-state index is 14.0. The number of hydrogen-bond acceptors (Lipinski definition) is 6. The van der Waals surface area contributed by atoms with Gasteiger partial charge >= 0.3 is 0 Å². The average Bonchev–Trinajstić information content (AvgIpc) is 3.33. The Morgan fingerprint density at radius 3 is 2.58 bits per heavy atom. The summed E-state index contributed by atoms with van der Waals surface area (Å²) < 4.78 is 7.48. The molecule has 8 heteroatoms. The lowest BCUT2D eigenvalue weighted by Crippen LogP contribution is -2.55. The number of hydrogen-bond donors (Lipinski definition) is 0. The number of methoxy groups -OCH3 is 1. The molecule has 2 fully saturated rings. The molecule has 0 N–H and O–H groups in total. The molecule has 0 bridgehead atoms. The topological polar surface area (TPSA) is 75.9 Å². The van der Waals surface area contributed by atoms with E-state index in [9.17, 15) is 4.79 Å². The molecule has 0 radical (unpaired) electrons. The molecule has 162 valence electrons. The first kappa shape index (κ1) is 19.8. The largest absolute Gasteiger partial charge is 0.496 e. The number of fused-ring (bicyclic) bond motifs is 1. The zero-order chi connectivity index (χ0) is 21.3. The average molecular weight is 421 g/mol. The lowest BCUT2D eigenvalue weighted by atomic mass is 9.68. The molecule has 1 aliphatic heterocycles. The van der Waals surface area contributed by atoms with Gasteiger partial charge < -0.3 is 14.5 Å².